The van der Waals surface area contributed by atoms with Gasteiger partial charge in [-0.15, -0.1) is 11.3 Å². The molecule has 0 spiro atoms. The minimum atomic E-state index is -0.400. The highest BCUT2D eigenvalue weighted by atomic mass is 32.1. The number of ether oxygens (including phenoxy) is 2. The molecule has 7 nitrogen and oxygen atoms in total. The average molecular weight is 469 g/mol. The molecule has 1 N–H and O–H groups in total. The average Bonchev–Trinajstić information content (AvgIpc) is 2.82. The molecule has 2 aromatic carbocycles. The van der Waals surface area contributed by atoms with Gasteiger partial charge in [-0.1, -0.05) is 25.6 Å². The van der Waals surface area contributed by atoms with Crippen LogP contribution in [0.3, 0.4) is 0 Å². The Labute approximate surface area is 196 Å². The molecule has 174 valence electrons. The third-order valence-corrected chi connectivity index (χ3v) is 6.26. The van der Waals surface area contributed by atoms with Crippen LogP contribution in [0.2, 0.25) is 0 Å². The van der Waals surface area contributed by atoms with Crippen LogP contribution in [0.1, 0.15) is 13.8 Å². The van der Waals surface area contributed by atoms with Crippen LogP contribution >= 0.6 is 11.3 Å². The van der Waals surface area contributed by atoms with E-state index in [2.05, 4.69) is 16.8 Å². The minimum Gasteiger partial charge on any atom is -0.484 e. The lowest BCUT2D eigenvalue weighted by molar-refractivity contribution is -0.139. The van der Waals surface area contributed by atoms with Crippen molar-refractivity contribution >= 4 is 43.4 Å². The molecule has 8 heteroatoms. The molecule has 0 saturated carbocycles. The maximum Gasteiger partial charge on any atom is 0.333 e. The van der Waals surface area contributed by atoms with Crippen molar-refractivity contribution in [1.29, 1.82) is 0 Å². The van der Waals surface area contributed by atoms with E-state index in [1.807, 2.05) is 37.3 Å². The highest BCUT2D eigenvalue weighted by molar-refractivity contribution is 7.24. The third-order valence-electron chi connectivity index (χ3n) is 5.10. The number of rotatable bonds is 11. The Morgan fingerprint density at radius 2 is 1.85 bits per heavy atom. The fourth-order valence-electron chi connectivity index (χ4n) is 3.24. The highest BCUT2D eigenvalue weighted by Gasteiger charge is 2.10. The summed E-state index contributed by atoms with van der Waals surface area (Å²) in [7, 11) is 0. The standard InChI is InChI=1S/C25H28N2O5S/c1-4-27(13-14-31-25(30)17(2)3)12-11-26-23(28)16-32-18-9-10-22-20(15-18)24(29)19-7-5-6-8-21(19)33-22/h5-10,15H,2,4,11-14,16H2,1,3H3,(H,26,28). The Morgan fingerprint density at radius 3 is 2.61 bits per heavy atom. The first-order valence-corrected chi connectivity index (χ1v) is 11.6. The predicted octanol–water partition coefficient (Wildman–Crippen LogP) is 3.35. The molecule has 0 unspecified atom stereocenters. The number of hydrogen-bond donors (Lipinski definition) is 1. The third kappa shape index (κ3) is 6.63. The van der Waals surface area contributed by atoms with E-state index in [1.165, 1.54) is 0 Å². The monoisotopic (exact) mass is 468 g/mol. The van der Waals surface area contributed by atoms with Crippen LogP contribution in [-0.2, 0) is 14.3 Å². The van der Waals surface area contributed by atoms with Crippen LogP contribution in [0, 0.1) is 0 Å². The smallest absolute Gasteiger partial charge is 0.333 e. The maximum absolute atomic E-state index is 12.8. The van der Waals surface area contributed by atoms with Crippen LogP contribution in [0.5, 0.6) is 5.75 Å². The Bertz CT molecular complexity index is 1220. The lowest BCUT2D eigenvalue weighted by Crippen LogP contribution is -2.38. The summed E-state index contributed by atoms with van der Waals surface area (Å²) in [5, 5.41) is 4.09. The van der Waals surface area contributed by atoms with E-state index in [4.69, 9.17) is 9.47 Å². The van der Waals surface area contributed by atoms with E-state index >= 15 is 0 Å². The van der Waals surface area contributed by atoms with Gasteiger partial charge in [0.1, 0.15) is 12.4 Å². The first-order valence-electron chi connectivity index (χ1n) is 10.8. The van der Waals surface area contributed by atoms with Crippen molar-refractivity contribution in [2.24, 2.45) is 0 Å². The van der Waals surface area contributed by atoms with Gasteiger partial charge in [0, 0.05) is 45.4 Å². The summed E-state index contributed by atoms with van der Waals surface area (Å²) in [6.45, 7) is 9.70. The van der Waals surface area contributed by atoms with Crippen LogP contribution < -0.4 is 15.5 Å². The first-order chi connectivity index (χ1) is 15.9. The molecule has 1 aromatic heterocycles. The second-order valence-corrected chi connectivity index (χ2v) is 8.66. The van der Waals surface area contributed by atoms with E-state index in [9.17, 15) is 14.4 Å². The number of amides is 1. The molecule has 0 aliphatic carbocycles. The van der Waals surface area contributed by atoms with E-state index < -0.39 is 5.97 Å². The zero-order valence-corrected chi connectivity index (χ0v) is 19.7. The highest BCUT2D eigenvalue weighted by Crippen LogP contribution is 2.27. The van der Waals surface area contributed by atoms with Gasteiger partial charge in [-0.25, -0.2) is 4.79 Å². The molecular formula is C25H28N2O5S. The number of hydrogen-bond acceptors (Lipinski definition) is 7. The second-order valence-electron chi connectivity index (χ2n) is 7.57. The molecule has 0 fully saturated rings. The van der Waals surface area contributed by atoms with Gasteiger partial charge >= 0.3 is 5.97 Å². The maximum atomic E-state index is 12.8. The number of nitrogens with one attached hydrogen (secondary N) is 1. The molecule has 3 aromatic rings. The van der Waals surface area contributed by atoms with Crippen molar-refractivity contribution in [3.05, 3.63) is 64.8 Å². The van der Waals surface area contributed by atoms with Gasteiger partial charge in [-0.05, 0) is 43.8 Å². The minimum absolute atomic E-state index is 0.0390. The summed E-state index contributed by atoms with van der Waals surface area (Å²) in [6, 6.07) is 12.8. The summed E-state index contributed by atoms with van der Waals surface area (Å²) >= 11 is 1.55. The molecule has 0 radical (unpaired) electrons. The molecular weight excluding hydrogens is 440 g/mol. The van der Waals surface area contributed by atoms with Gasteiger partial charge in [0.2, 0.25) is 0 Å². The normalized spacial score (nSPS) is 11.0. The molecule has 0 aliphatic heterocycles. The lowest BCUT2D eigenvalue weighted by atomic mass is 10.2. The summed E-state index contributed by atoms with van der Waals surface area (Å²) in [5.74, 6) is -0.168. The van der Waals surface area contributed by atoms with Gasteiger partial charge in [-0.2, -0.15) is 0 Å². The summed E-state index contributed by atoms with van der Waals surface area (Å²) in [4.78, 5) is 38.5. The first kappa shape index (κ1) is 24.4. The largest absolute Gasteiger partial charge is 0.484 e. The predicted molar refractivity (Wildman–Crippen MR) is 132 cm³/mol. The van der Waals surface area contributed by atoms with E-state index in [0.717, 1.165) is 15.9 Å². The Hall–Kier alpha value is -3.23. The lowest BCUT2D eigenvalue weighted by Gasteiger charge is -2.20. The van der Waals surface area contributed by atoms with Gasteiger partial charge in [0.15, 0.2) is 12.0 Å². The van der Waals surface area contributed by atoms with E-state index in [-0.39, 0.29) is 24.5 Å². The molecule has 3 rings (SSSR count). The number of esters is 1. The fourth-order valence-corrected chi connectivity index (χ4v) is 4.30. The number of likely N-dealkylation sites (N-methyl/N-ethyl adjacent to an activating group) is 1. The van der Waals surface area contributed by atoms with Gasteiger partial charge in [0.05, 0.1) is 0 Å². The van der Waals surface area contributed by atoms with Crippen LogP contribution in [0.15, 0.2) is 59.4 Å². The quantitative estimate of drug-likeness (QED) is 0.264. The van der Waals surface area contributed by atoms with Crippen LogP contribution in [0.25, 0.3) is 20.2 Å². The van der Waals surface area contributed by atoms with Gasteiger partial charge in [-0.3, -0.25) is 14.5 Å². The van der Waals surface area contributed by atoms with E-state index in [0.29, 0.717) is 41.7 Å². The fraction of sp³-hybridized carbons (Fsp3) is 0.320. The van der Waals surface area contributed by atoms with Crippen molar-refractivity contribution in [2.45, 2.75) is 13.8 Å². The van der Waals surface area contributed by atoms with Crippen LogP contribution in [-0.4, -0.2) is 56.2 Å². The summed E-state index contributed by atoms with van der Waals surface area (Å²) in [5.41, 5.74) is 0.333. The zero-order valence-electron chi connectivity index (χ0n) is 18.9. The number of carbonyl (C=O) groups excluding carboxylic acids is 2. The zero-order chi connectivity index (χ0) is 23.8. The van der Waals surface area contributed by atoms with Gasteiger partial charge < -0.3 is 14.8 Å². The molecule has 0 saturated heterocycles. The van der Waals surface area contributed by atoms with Crippen molar-refractivity contribution in [2.75, 3.05) is 39.4 Å². The topological polar surface area (TPSA) is 84.9 Å². The number of fused-ring (bicyclic) bond motifs is 2. The van der Waals surface area contributed by atoms with Crippen molar-refractivity contribution in [3.63, 3.8) is 0 Å². The van der Waals surface area contributed by atoms with E-state index in [1.54, 1.807) is 30.4 Å². The van der Waals surface area contributed by atoms with Crippen LogP contribution in [0.4, 0.5) is 0 Å². The molecule has 0 aliphatic rings. The molecule has 1 amide bonds. The number of nitrogens with zero attached hydrogens (tertiary/aromatic N) is 1. The Morgan fingerprint density at radius 1 is 1.09 bits per heavy atom. The van der Waals surface area contributed by atoms with Gasteiger partial charge in [0.25, 0.3) is 5.91 Å². The SMILES string of the molecule is C=C(C)C(=O)OCCN(CC)CCNC(=O)COc1ccc2sc3ccccc3c(=O)c2c1. The van der Waals surface area contributed by atoms with Crippen molar-refractivity contribution in [3.8, 4) is 5.75 Å². The molecule has 33 heavy (non-hydrogen) atoms. The molecule has 0 bridgehead atoms. The Kier molecular flexibility index (Phi) is 8.57. The van der Waals surface area contributed by atoms with Crippen molar-refractivity contribution < 1.29 is 19.1 Å². The summed E-state index contributed by atoms with van der Waals surface area (Å²) in [6.07, 6.45) is 0. The second kappa shape index (κ2) is 11.6. The Balaban J connectivity index is 1.47. The molecule has 0 atom stereocenters. The molecule has 1 heterocycles. The summed E-state index contributed by atoms with van der Waals surface area (Å²) < 4.78 is 12.5. The number of benzene rings is 2. The van der Waals surface area contributed by atoms with Crippen molar-refractivity contribution in [1.82, 2.24) is 10.2 Å². The number of carbonyl (C=O) groups is 2.